The Morgan fingerprint density at radius 1 is 1.67 bits per heavy atom. The molecule has 0 aromatic carbocycles. The van der Waals surface area contributed by atoms with Crippen molar-refractivity contribution >= 4 is 0 Å². The van der Waals surface area contributed by atoms with Crippen molar-refractivity contribution in [3.63, 3.8) is 0 Å². The van der Waals surface area contributed by atoms with Gasteiger partial charge in [0.25, 0.3) is 0 Å². The summed E-state index contributed by atoms with van der Waals surface area (Å²) in [7, 11) is 0. The lowest BCUT2D eigenvalue weighted by Crippen LogP contribution is -2.50. The zero-order valence-corrected chi connectivity index (χ0v) is 7.97. The van der Waals surface area contributed by atoms with Crippen LogP contribution >= 0.6 is 0 Å². The van der Waals surface area contributed by atoms with Crippen molar-refractivity contribution in [2.75, 3.05) is 26.3 Å². The molecule has 1 saturated heterocycles. The standard InChI is InChI=1S/C9H19NO2/c1-3-10-7-9(11)4-5-12-6-8(9)2/h8,10-11H,3-7H2,1-2H3. The van der Waals surface area contributed by atoms with Crippen LogP contribution in [0.1, 0.15) is 20.3 Å². The van der Waals surface area contributed by atoms with Crippen molar-refractivity contribution in [2.24, 2.45) is 5.92 Å². The molecule has 1 heterocycles. The second-order valence-corrected chi connectivity index (χ2v) is 3.61. The molecule has 12 heavy (non-hydrogen) atoms. The molecule has 72 valence electrons. The first-order valence-corrected chi connectivity index (χ1v) is 4.70. The predicted molar refractivity (Wildman–Crippen MR) is 48.1 cm³/mol. The minimum Gasteiger partial charge on any atom is -0.388 e. The smallest absolute Gasteiger partial charge is 0.0840 e. The molecule has 0 spiro atoms. The molecule has 0 amide bonds. The van der Waals surface area contributed by atoms with Gasteiger partial charge < -0.3 is 15.2 Å². The van der Waals surface area contributed by atoms with E-state index in [2.05, 4.69) is 5.32 Å². The molecule has 3 heteroatoms. The largest absolute Gasteiger partial charge is 0.388 e. The van der Waals surface area contributed by atoms with Crippen LogP contribution < -0.4 is 5.32 Å². The molecule has 0 aliphatic carbocycles. The number of nitrogens with one attached hydrogen (secondary N) is 1. The summed E-state index contributed by atoms with van der Waals surface area (Å²) in [4.78, 5) is 0. The number of likely N-dealkylation sites (N-methyl/N-ethyl adjacent to an activating group) is 1. The highest BCUT2D eigenvalue weighted by Crippen LogP contribution is 2.25. The lowest BCUT2D eigenvalue weighted by atomic mass is 9.85. The van der Waals surface area contributed by atoms with E-state index in [1.807, 2.05) is 13.8 Å². The van der Waals surface area contributed by atoms with Crippen molar-refractivity contribution in [3.8, 4) is 0 Å². The van der Waals surface area contributed by atoms with Crippen molar-refractivity contribution in [3.05, 3.63) is 0 Å². The number of hydrogen-bond donors (Lipinski definition) is 2. The van der Waals surface area contributed by atoms with E-state index in [1.165, 1.54) is 0 Å². The summed E-state index contributed by atoms with van der Waals surface area (Å²) in [5.74, 6) is 0.241. The van der Waals surface area contributed by atoms with E-state index in [0.717, 1.165) is 13.0 Å². The van der Waals surface area contributed by atoms with E-state index in [9.17, 15) is 5.11 Å². The SMILES string of the molecule is CCNCC1(O)CCOCC1C. The first-order chi connectivity index (χ1) is 5.69. The van der Waals surface area contributed by atoms with Crippen LogP contribution in [0.4, 0.5) is 0 Å². The van der Waals surface area contributed by atoms with Gasteiger partial charge in [-0.15, -0.1) is 0 Å². The predicted octanol–water partition coefficient (Wildman–Crippen LogP) is 0.383. The molecule has 0 aromatic heterocycles. The molecular weight excluding hydrogens is 154 g/mol. The van der Waals surface area contributed by atoms with E-state index in [4.69, 9.17) is 4.74 Å². The summed E-state index contributed by atoms with van der Waals surface area (Å²) < 4.78 is 5.27. The third-order valence-corrected chi connectivity index (χ3v) is 2.65. The third kappa shape index (κ3) is 2.19. The van der Waals surface area contributed by atoms with Crippen molar-refractivity contribution < 1.29 is 9.84 Å². The van der Waals surface area contributed by atoms with Gasteiger partial charge in [0.05, 0.1) is 12.2 Å². The highest BCUT2D eigenvalue weighted by Gasteiger charge is 2.35. The van der Waals surface area contributed by atoms with Crippen LogP contribution in [0, 0.1) is 5.92 Å². The fraction of sp³-hybridized carbons (Fsp3) is 1.00. The van der Waals surface area contributed by atoms with Gasteiger partial charge in [0.1, 0.15) is 0 Å². The van der Waals surface area contributed by atoms with Gasteiger partial charge in [0.2, 0.25) is 0 Å². The minimum atomic E-state index is -0.547. The molecule has 1 aliphatic rings. The molecule has 2 atom stereocenters. The Morgan fingerprint density at radius 2 is 2.42 bits per heavy atom. The molecular formula is C9H19NO2. The van der Waals surface area contributed by atoms with Gasteiger partial charge in [-0.05, 0) is 6.54 Å². The topological polar surface area (TPSA) is 41.5 Å². The maximum absolute atomic E-state index is 10.1. The first-order valence-electron chi connectivity index (χ1n) is 4.70. The summed E-state index contributed by atoms with van der Waals surface area (Å²) >= 11 is 0. The van der Waals surface area contributed by atoms with Gasteiger partial charge in [-0.1, -0.05) is 13.8 Å². The van der Waals surface area contributed by atoms with Gasteiger partial charge in [-0.3, -0.25) is 0 Å². The average Bonchev–Trinajstić information content (AvgIpc) is 2.07. The van der Waals surface area contributed by atoms with Crippen LogP contribution in [-0.4, -0.2) is 37.0 Å². The average molecular weight is 173 g/mol. The van der Waals surface area contributed by atoms with Crippen LogP contribution in [0.15, 0.2) is 0 Å². The van der Waals surface area contributed by atoms with E-state index in [0.29, 0.717) is 19.8 Å². The van der Waals surface area contributed by atoms with Gasteiger partial charge in [-0.2, -0.15) is 0 Å². The Bertz CT molecular complexity index is 140. The minimum absolute atomic E-state index is 0.241. The number of hydrogen-bond acceptors (Lipinski definition) is 3. The molecule has 2 unspecified atom stereocenters. The van der Waals surface area contributed by atoms with Crippen LogP contribution in [0.25, 0.3) is 0 Å². The Labute approximate surface area is 74.1 Å². The summed E-state index contributed by atoms with van der Waals surface area (Å²) in [5.41, 5.74) is -0.547. The second-order valence-electron chi connectivity index (χ2n) is 3.61. The monoisotopic (exact) mass is 173 g/mol. The van der Waals surface area contributed by atoms with Gasteiger partial charge in [0.15, 0.2) is 0 Å². The molecule has 0 radical (unpaired) electrons. The molecule has 2 N–H and O–H groups in total. The van der Waals surface area contributed by atoms with Gasteiger partial charge in [-0.25, -0.2) is 0 Å². The molecule has 0 bridgehead atoms. The molecule has 1 fully saturated rings. The summed E-state index contributed by atoms with van der Waals surface area (Å²) in [6.07, 6.45) is 0.751. The Balaban J connectivity index is 2.42. The number of rotatable bonds is 3. The summed E-state index contributed by atoms with van der Waals surface area (Å²) in [5, 5.41) is 13.3. The number of aliphatic hydroxyl groups is 1. The maximum atomic E-state index is 10.1. The molecule has 0 saturated carbocycles. The number of ether oxygens (including phenoxy) is 1. The quantitative estimate of drug-likeness (QED) is 0.648. The molecule has 1 aliphatic heterocycles. The van der Waals surface area contributed by atoms with Crippen LogP contribution in [0.2, 0.25) is 0 Å². The van der Waals surface area contributed by atoms with Crippen LogP contribution in [0.3, 0.4) is 0 Å². The lowest BCUT2D eigenvalue weighted by Gasteiger charge is -2.38. The highest BCUT2D eigenvalue weighted by molar-refractivity contribution is 4.88. The van der Waals surface area contributed by atoms with E-state index in [-0.39, 0.29) is 5.92 Å². The fourth-order valence-electron chi connectivity index (χ4n) is 1.51. The van der Waals surface area contributed by atoms with Crippen LogP contribution in [0.5, 0.6) is 0 Å². The van der Waals surface area contributed by atoms with E-state index in [1.54, 1.807) is 0 Å². The zero-order valence-electron chi connectivity index (χ0n) is 7.97. The second kappa shape index (κ2) is 4.21. The Hall–Kier alpha value is -0.120. The third-order valence-electron chi connectivity index (χ3n) is 2.65. The normalized spacial score (nSPS) is 36.8. The van der Waals surface area contributed by atoms with Crippen molar-refractivity contribution in [2.45, 2.75) is 25.9 Å². The molecule has 0 aromatic rings. The van der Waals surface area contributed by atoms with E-state index < -0.39 is 5.60 Å². The van der Waals surface area contributed by atoms with Crippen molar-refractivity contribution in [1.82, 2.24) is 5.32 Å². The first kappa shape index (κ1) is 9.96. The van der Waals surface area contributed by atoms with E-state index >= 15 is 0 Å². The maximum Gasteiger partial charge on any atom is 0.0840 e. The van der Waals surface area contributed by atoms with Gasteiger partial charge in [0, 0.05) is 25.5 Å². The summed E-state index contributed by atoms with van der Waals surface area (Å²) in [6, 6.07) is 0. The molecule has 3 nitrogen and oxygen atoms in total. The van der Waals surface area contributed by atoms with Crippen LogP contribution in [-0.2, 0) is 4.74 Å². The zero-order chi connectivity index (χ0) is 9.03. The Morgan fingerprint density at radius 3 is 3.00 bits per heavy atom. The summed E-state index contributed by atoms with van der Waals surface area (Å²) in [6.45, 7) is 7.06. The Kier molecular flexibility index (Phi) is 3.50. The highest BCUT2D eigenvalue weighted by atomic mass is 16.5. The molecule has 1 rings (SSSR count). The van der Waals surface area contributed by atoms with Gasteiger partial charge >= 0.3 is 0 Å². The lowest BCUT2D eigenvalue weighted by molar-refractivity contribution is -0.103. The van der Waals surface area contributed by atoms with Crippen molar-refractivity contribution in [1.29, 1.82) is 0 Å². The fourth-order valence-corrected chi connectivity index (χ4v) is 1.51.